The molecule has 0 fully saturated rings. The van der Waals surface area contributed by atoms with Crippen LogP contribution in [-0.4, -0.2) is 30.5 Å². The molecule has 3 aromatic rings. The van der Waals surface area contributed by atoms with E-state index in [0.717, 1.165) is 24.1 Å². The first-order valence-electron chi connectivity index (χ1n) is 11.4. The molecule has 0 heterocycles. The third-order valence-electron chi connectivity index (χ3n) is 5.22. The Labute approximate surface area is 211 Å². The van der Waals surface area contributed by atoms with Crippen LogP contribution >= 0.6 is 0 Å². The van der Waals surface area contributed by atoms with Gasteiger partial charge in [0.1, 0.15) is 5.75 Å². The SMILES string of the molecule is CCc1ccc(NC(=O)C(C)OC(=O)c2ccc(OCC(=O)Nc3cccc(C(F)(F)F)c3)cc2)cc1. The number of benzene rings is 3. The van der Waals surface area contributed by atoms with Crippen molar-refractivity contribution in [2.75, 3.05) is 17.2 Å². The van der Waals surface area contributed by atoms with Crippen molar-refractivity contribution in [1.82, 2.24) is 0 Å². The number of carbonyl (C=O) groups is 3. The molecule has 194 valence electrons. The van der Waals surface area contributed by atoms with Crippen LogP contribution in [0.25, 0.3) is 0 Å². The fourth-order valence-electron chi connectivity index (χ4n) is 3.16. The Balaban J connectivity index is 1.47. The maximum atomic E-state index is 12.8. The molecule has 0 bridgehead atoms. The zero-order chi connectivity index (χ0) is 27.0. The van der Waals surface area contributed by atoms with E-state index >= 15 is 0 Å². The van der Waals surface area contributed by atoms with Gasteiger partial charge in [-0.1, -0.05) is 25.1 Å². The van der Waals surface area contributed by atoms with Crippen molar-refractivity contribution in [3.05, 3.63) is 89.5 Å². The van der Waals surface area contributed by atoms with Gasteiger partial charge in [-0.15, -0.1) is 0 Å². The molecular formula is C27H25F3N2O5. The lowest BCUT2D eigenvalue weighted by molar-refractivity contribution is -0.137. The van der Waals surface area contributed by atoms with Crippen molar-refractivity contribution in [2.45, 2.75) is 32.5 Å². The number of amides is 2. The molecule has 0 aliphatic rings. The number of esters is 1. The van der Waals surface area contributed by atoms with Crippen LogP contribution in [0.15, 0.2) is 72.8 Å². The summed E-state index contributed by atoms with van der Waals surface area (Å²) >= 11 is 0. The van der Waals surface area contributed by atoms with Gasteiger partial charge >= 0.3 is 12.1 Å². The van der Waals surface area contributed by atoms with E-state index in [1.807, 2.05) is 19.1 Å². The quantitative estimate of drug-likeness (QED) is 0.370. The van der Waals surface area contributed by atoms with Crippen LogP contribution in [0.1, 0.15) is 35.3 Å². The summed E-state index contributed by atoms with van der Waals surface area (Å²) in [5.41, 5.74) is 0.974. The second kappa shape index (κ2) is 12.1. The number of rotatable bonds is 9. The van der Waals surface area contributed by atoms with Gasteiger partial charge in [-0.25, -0.2) is 4.79 Å². The highest BCUT2D eigenvalue weighted by Gasteiger charge is 2.30. The minimum Gasteiger partial charge on any atom is -0.484 e. The van der Waals surface area contributed by atoms with Crippen molar-refractivity contribution < 1.29 is 37.0 Å². The second-order valence-corrected chi connectivity index (χ2v) is 8.03. The number of carbonyl (C=O) groups excluding carboxylic acids is 3. The van der Waals surface area contributed by atoms with Crippen LogP contribution in [-0.2, 0) is 26.9 Å². The maximum absolute atomic E-state index is 12.8. The largest absolute Gasteiger partial charge is 0.484 e. The monoisotopic (exact) mass is 514 g/mol. The first-order chi connectivity index (χ1) is 17.5. The van der Waals surface area contributed by atoms with Crippen LogP contribution in [0.5, 0.6) is 5.75 Å². The maximum Gasteiger partial charge on any atom is 0.416 e. The molecule has 0 aliphatic carbocycles. The Kier molecular flexibility index (Phi) is 8.89. The van der Waals surface area contributed by atoms with Gasteiger partial charge in [0.15, 0.2) is 12.7 Å². The van der Waals surface area contributed by atoms with Gasteiger partial charge < -0.3 is 20.1 Å². The van der Waals surface area contributed by atoms with E-state index in [-0.39, 0.29) is 17.0 Å². The molecule has 7 nitrogen and oxygen atoms in total. The number of hydrogen-bond donors (Lipinski definition) is 2. The Bertz CT molecular complexity index is 1240. The molecule has 0 saturated heterocycles. The summed E-state index contributed by atoms with van der Waals surface area (Å²) in [7, 11) is 0. The van der Waals surface area contributed by atoms with E-state index in [9.17, 15) is 27.6 Å². The Hall–Kier alpha value is -4.34. The number of nitrogens with one attached hydrogen (secondary N) is 2. The minimum atomic E-state index is -4.53. The molecule has 0 radical (unpaired) electrons. The summed E-state index contributed by atoms with van der Waals surface area (Å²) in [5.74, 6) is -1.62. The highest BCUT2D eigenvalue weighted by Crippen LogP contribution is 2.30. The lowest BCUT2D eigenvalue weighted by Crippen LogP contribution is -2.30. The average molecular weight is 515 g/mol. The highest BCUT2D eigenvalue weighted by atomic mass is 19.4. The van der Waals surface area contributed by atoms with E-state index in [1.54, 1.807) is 12.1 Å². The molecule has 3 rings (SSSR count). The molecule has 2 amide bonds. The first kappa shape index (κ1) is 27.3. The number of alkyl halides is 3. The minimum absolute atomic E-state index is 0.0161. The fourth-order valence-corrected chi connectivity index (χ4v) is 3.16. The summed E-state index contributed by atoms with van der Waals surface area (Å²) in [4.78, 5) is 36.8. The predicted molar refractivity (Wildman–Crippen MR) is 131 cm³/mol. The summed E-state index contributed by atoms with van der Waals surface area (Å²) in [6, 6.07) is 17.2. The van der Waals surface area contributed by atoms with E-state index < -0.39 is 42.2 Å². The summed E-state index contributed by atoms with van der Waals surface area (Å²) in [6.45, 7) is 3.01. The summed E-state index contributed by atoms with van der Waals surface area (Å²) in [6.07, 6.45) is -4.70. The normalized spacial score (nSPS) is 11.8. The Morgan fingerprint density at radius 1 is 0.892 bits per heavy atom. The lowest BCUT2D eigenvalue weighted by Gasteiger charge is -2.14. The highest BCUT2D eigenvalue weighted by molar-refractivity contribution is 5.97. The topological polar surface area (TPSA) is 93.7 Å². The van der Waals surface area contributed by atoms with E-state index in [4.69, 9.17) is 9.47 Å². The van der Waals surface area contributed by atoms with Crippen LogP contribution in [0.3, 0.4) is 0 Å². The number of hydrogen-bond acceptors (Lipinski definition) is 5. The molecule has 0 spiro atoms. The average Bonchev–Trinajstić information content (AvgIpc) is 2.87. The van der Waals surface area contributed by atoms with Crippen LogP contribution in [0.2, 0.25) is 0 Å². The molecule has 0 saturated carbocycles. The van der Waals surface area contributed by atoms with Gasteiger partial charge in [-0.05, 0) is 73.5 Å². The lowest BCUT2D eigenvalue weighted by atomic mass is 10.1. The summed E-state index contributed by atoms with van der Waals surface area (Å²) in [5, 5.41) is 5.02. The van der Waals surface area contributed by atoms with Crippen LogP contribution in [0.4, 0.5) is 24.5 Å². The number of aryl methyl sites for hydroxylation is 1. The van der Waals surface area contributed by atoms with Gasteiger partial charge in [0.2, 0.25) is 0 Å². The number of ether oxygens (including phenoxy) is 2. The molecule has 1 atom stereocenters. The van der Waals surface area contributed by atoms with Crippen LogP contribution in [0, 0.1) is 0 Å². The van der Waals surface area contributed by atoms with Crippen molar-refractivity contribution in [3.8, 4) is 5.75 Å². The van der Waals surface area contributed by atoms with Gasteiger partial charge in [0, 0.05) is 11.4 Å². The fraction of sp³-hybridized carbons (Fsp3) is 0.222. The van der Waals surface area contributed by atoms with Crippen molar-refractivity contribution in [1.29, 1.82) is 0 Å². The standard InChI is InChI=1S/C27H25F3N2O5/c1-3-18-7-11-21(12-8-18)32-25(34)17(2)37-26(35)19-9-13-23(14-10-19)36-16-24(33)31-22-6-4-5-20(15-22)27(28,29)30/h4-15,17H,3,16H2,1-2H3,(H,31,33)(H,32,34). The van der Waals surface area contributed by atoms with E-state index in [2.05, 4.69) is 10.6 Å². The summed E-state index contributed by atoms with van der Waals surface area (Å²) < 4.78 is 48.9. The molecular weight excluding hydrogens is 489 g/mol. The van der Waals surface area contributed by atoms with Crippen molar-refractivity contribution >= 4 is 29.2 Å². The molecule has 1 unspecified atom stereocenters. The third kappa shape index (κ3) is 8.09. The van der Waals surface area contributed by atoms with E-state index in [0.29, 0.717) is 5.69 Å². The molecule has 37 heavy (non-hydrogen) atoms. The Morgan fingerprint density at radius 3 is 2.19 bits per heavy atom. The smallest absolute Gasteiger partial charge is 0.416 e. The van der Waals surface area contributed by atoms with Crippen LogP contribution < -0.4 is 15.4 Å². The van der Waals surface area contributed by atoms with Gasteiger partial charge in [-0.2, -0.15) is 13.2 Å². The van der Waals surface area contributed by atoms with E-state index in [1.165, 1.54) is 43.3 Å². The first-order valence-corrected chi connectivity index (χ1v) is 11.4. The van der Waals surface area contributed by atoms with Gasteiger partial charge in [0.05, 0.1) is 11.1 Å². The van der Waals surface area contributed by atoms with Gasteiger partial charge in [0.25, 0.3) is 11.8 Å². The van der Waals surface area contributed by atoms with Crippen molar-refractivity contribution in [2.24, 2.45) is 0 Å². The predicted octanol–water partition coefficient (Wildman–Crippen LogP) is 5.47. The number of halogens is 3. The molecule has 2 N–H and O–H groups in total. The third-order valence-corrected chi connectivity index (χ3v) is 5.22. The van der Waals surface area contributed by atoms with Crippen molar-refractivity contribution in [3.63, 3.8) is 0 Å². The molecule has 0 aliphatic heterocycles. The molecule has 3 aromatic carbocycles. The zero-order valence-corrected chi connectivity index (χ0v) is 20.1. The molecule has 10 heteroatoms. The zero-order valence-electron chi connectivity index (χ0n) is 20.1. The second-order valence-electron chi connectivity index (χ2n) is 8.03. The Morgan fingerprint density at radius 2 is 1.57 bits per heavy atom. The van der Waals surface area contributed by atoms with Gasteiger partial charge in [-0.3, -0.25) is 9.59 Å². The molecule has 0 aromatic heterocycles. The number of anilines is 2.